The summed E-state index contributed by atoms with van der Waals surface area (Å²) in [6, 6.07) is 4.42. The Morgan fingerprint density at radius 3 is 2.71 bits per heavy atom. The van der Waals surface area contributed by atoms with Crippen LogP contribution in [0.2, 0.25) is 0 Å². The molecular formula is C23H29F3N6OS. The lowest BCUT2D eigenvalue weighted by molar-refractivity contribution is -0.102. The Bertz CT molecular complexity index is 1040. The largest absolute Gasteiger partial charge is 0.368 e. The zero-order valence-corrected chi connectivity index (χ0v) is 20.2. The van der Waals surface area contributed by atoms with Crippen molar-refractivity contribution in [2.24, 2.45) is 10.9 Å². The Hall–Kier alpha value is -2.82. The number of carbonyl (C=O) groups is 1. The molecule has 0 saturated heterocycles. The summed E-state index contributed by atoms with van der Waals surface area (Å²) >= 11 is 1.29. The van der Waals surface area contributed by atoms with Crippen molar-refractivity contribution in [2.45, 2.75) is 51.5 Å². The van der Waals surface area contributed by atoms with Crippen LogP contribution in [0.4, 0.5) is 36.3 Å². The number of hydrogen-bond donors (Lipinski definition) is 2. The number of nitrogens with zero attached hydrogens (tertiary/aromatic N) is 4. The predicted octanol–water partition coefficient (Wildman–Crippen LogP) is 5.25. The molecule has 1 saturated carbocycles. The highest BCUT2D eigenvalue weighted by atomic mass is 32.2. The van der Waals surface area contributed by atoms with Gasteiger partial charge < -0.3 is 15.4 Å². The molecule has 1 fully saturated rings. The van der Waals surface area contributed by atoms with E-state index in [0.717, 1.165) is 0 Å². The molecule has 2 aromatic rings. The average Bonchev–Trinajstić information content (AvgIpc) is 2.79. The topological polar surface area (TPSA) is 96.5 Å². The summed E-state index contributed by atoms with van der Waals surface area (Å²) in [5, 5.41) is 0. The van der Waals surface area contributed by atoms with Gasteiger partial charge >= 0.3 is 0 Å². The van der Waals surface area contributed by atoms with Gasteiger partial charge in [0.25, 0.3) is 0 Å². The van der Waals surface area contributed by atoms with Crippen LogP contribution in [-0.2, 0) is 4.79 Å². The van der Waals surface area contributed by atoms with Gasteiger partial charge in [0.2, 0.25) is 11.9 Å². The number of nitrogens with two attached hydrogens (primary N) is 1. The van der Waals surface area contributed by atoms with Gasteiger partial charge in [-0.05, 0) is 44.7 Å². The van der Waals surface area contributed by atoms with E-state index in [1.54, 1.807) is 6.07 Å². The van der Waals surface area contributed by atoms with Crippen molar-refractivity contribution in [3.63, 3.8) is 0 Å². The number of aldehydes is 1. The van der Waals surface area contributed by atoms with Crippen molar-refractivity contribution >= 4 is 47.1 Å². The standard InChI is InChI=1S/C23H29F3N6OS/c1-14(2)32(3)21-19(11-28-22(27)30-21)29-20(12-33)16-4-5-18(17(24)10-16)31-34-13-15-6-8-23(25,26)9-7-15/h4-5,10-12,14-15,31H,6-9,13H2,1-3H3,(H2,27,28,30). The molecule has 1 heterocycles. The van der Waals surface area contributed by atoms with Gasteiger partial charge in [-0.3, -0.25) is 4.79 Å². The molecule has 1 aliphatic rings. The fourth-order valence-corrected chi connectivity index (χ4v) is 4.49. The number of nitrogens with one attached hydrogen (secondary N) is 1. The highest BCUT2D eigenvalue weighted by molar-refractivity contribution is 8.00. The Morgan fingerprint density at radius 1 is 1.38 bits per heavy atom. The second kappa shape index (κ2) is 11.1. The van der Waals surface area contributed by atoms with E-state index in [2.05, 4.69) is 19.7 Å². The summed E-state index contributed by atoms with van der Waals surface area (Å²) in [5.74, 6) is -1.79. The second-order valence-electron chi connectivity index (χ2n) is 8.66. The summed E-state index contributed by atoms with van der Waals surface area (Å²) in [6.07, 6.45) is 2.71. The van der Waals surface area contributed by atoms with Gasteiger partial charge in [-0.1, -0.05) is 18.0 Å². The minimum Gasteiger partial charge on any atom is -0.368 e. The third-order valence-corrected chi connectivity index (χ3v) is 6.83. The average molecular weight is 495 g/mol. The molecule has 0 bridgehead atoms. The first-order valence-corrected chi connectivity index (χ1v) is 12.0. The normalized spacial score (nSPS) is 16.5. The monoisotopic (exact) mass is 494 g/mol. The maximum atomic E-state index is 14.7. The molecular weight excluding hydrogens is 465 g/mol. The van der Waals surface area contributed by atoms with Gasteiger partial charge in [0.05, 0.1) is 11.9 Å². The maximum absolute atomic E-state index is 14.7. The number of halogens is 3. The lowest BCUT2D eigenvalue weighted by Crippen LogP contribution is -2.27. The molecule has 0 amide bonds. The van der Waals surface area contributed by atoms with Crippen molar-refractivity contribution in [3.8, 4) is 0 Å². The molecule has 7 nitrogen and oxygen atoms in total. The zero-order chi connectivity index (χ0) is 24.9. The molecule has 1 aromatic carbocycles. The van der Waals surface area contributed by atoms with E-state index in [4.69, 9.17) is 5.73 Å². The van der Waals surface area contributed by atoms with Gasteiger partial charge in [0, 0.05) is 37.2 Å². The summed E-state index contributed by atoms with van der Waals surface area (Å²) in [5.41, 5.74) is 6.62. The zero-order valence-electron chi connectivity index (χ0n) is 19.4. The molecule has 11 heteroatoms. The maximum Gasteiger partial charge on any atom is 0.248 e. The molecule has 3 N–H and O–H groups in total. The van der Waals surface area contributed by atoms with Crippen LogP contribution >= 0.6 is 11.9 Å². The molecule has 34 heavy (non-hydrogen) atoms. The number of benzene rings is 1. The number of aliphatic imine (C=N–C) groups is 1. The highest BCUT2D eigenvalue weighted by Crippen LogP contribution is 2.37. The Morgan fingerprint density at radius 2 is 2.09 bits per heavy atom. The molecule has 0 unspecified atom stereocenters. The molecule has 184 valence electrons. The number of anilines is 3. The fraction of sp³-hybridized carbons (Fsp3) is 0.478. The summed E-state index contributed by atoms with van der Waals surface area (Å²) in [7, 11) is 1.82. The van der Waals surface area contributed by atoms with Crippen molar-refractivity contribution in [1.82, 2.24) is 9.97 Å². The molecule has 0 aliphatic heterocycles. The number of carbonyl (C=O) groups excluding carboxylic acids is 1. The van der Waals surface area contributed by atoms with Crippen molar-refractivity contribution < 1.29 is 18.0 Å². The van der Waals surface area contributed by atoms with E-state index in [1.165, 1.54) is 30.3 Å². The van der Waals surface area contributed by atoms with Crippen molar-refractivity contribution in [1.29, 1.82) is 0 Å². The third-order valence-electron chi connectivity index (χ3n) is 5.83. The lowest BCUT2D eigenvalue weighted by Gasteiger charge is -2.27. The first-order valence-electron chi connectivity index (χ1n) is 11.0. The fourth-order valence-electron chi connectivity index (χ4n) is 3.51. The van der Waals surface area contributed by atoms with Gasteiger partial charge in [-0.25, -0.2) is 23.1 Å². The molecule has 1 aromatic heterocycles. The molecule has 1 aliphatic carbocycles. The summed E-state index contributed by atoms with van der Waals surface area (Å²) < 4.78 is 44.2. The smallest absolute Gasteiger partial charge is 0.248 e. The van der Waals surface area contributed by atoms with E-state index in [1.807, 2.05) is 25.8 Å². The lowest BCUT2D eigenvalue weighted by atomic mass is 9.88. The number of nitrogen functional groups attached to an aromatic ring is 1. The van der Waals surface area contributed by atoms with Crippen LogP contribution in [-0.4, -0.2) is 46.7 Å². The van der Waals surface area contributed by atoms with Crippen LogP contribution < -0.4 is 15.4 Å². The first kappa shape index (κ1) is 25.8. The van der Waals surface area contributed by atoms with Crippen LogP contribution in [0.15, 0.2) is 29.4 Å². The molecule has 0 spiro atoms. The third kappa shape index (κ3) is 6.62. The van der Waals surface area contributed by atoms with E-state index in [9.17, 15) is 18.0 Å². The van der Waals surface area contributed by atoms with Gasteiger partial charge in [-0.15, -0.1) is 0 Å². The van der Waals surface area contributed by atoms with Crippen LogP contribution in [0, 0.1) is 11.7 Å². The minimum atomic E-state index is -2.56. The second-order valence-corrected chi connectivity index (χ2v) is 9.49. The Kier molecular flexibility index (Phi) is 8.40. The Labute approximate surface area is 201 Å². The van der Waals surface area contributed by atoms with E-state index in [-0.39, 0.29) is 42.1 Å². The quantitative estimate of drug-likeness (QED) is 0.279. The molecule has 0 atom stereocenters. The van der Waals surface area contributed by atoms with E-state index in [0.29, 0.717) is 41.9 Å². The molecule has 0 radical (unpaired) electrons. The van der Waals surface area contributed by atoms with E-state index >= 15 is 0 Å². The number of aromatic nitrogens is 2. The SMILES string of the molecule is CC(C)N(C)c1nc(N)ncc1N=C(C=O)c1ccc(NSCC2CCC(F)(F)CC2)c(F)c1. The summed E-state index contributed by atoms with van der Waals surface area (Å²) in [6.45, 7) is 3.93. The summed E-state index contributed by atoms with van der Waals surface area (Å²) in [4.78, 5) is 26.2. The van der Waals surface area contributed by atoms with Crippen LogP contribution in [0.1, 0.15) is 45.1 Å². The first-order chi connectivity index (χ1) is 16.1. The van der Waals surface area contributed by atoms with Crippen LogP contribution in [0.5, 0.6) is 0 Å². The molecule has 3 rings (SSSR count). The van der Waals surface area contributed by atoms with E-state index < -0.39 is 11.7 Å². The predicted molar refractivity (Wildman–Crippen MR) is 132 cm³/mol. The number of hydrogen-bond acceptors (Lipinski definition) is 8. The van der Waals surface area contributed by atoms with Crippen molar-refractivity contribution in [3.05, 3.63) is 35.8 Å². The number of alkyl halides is 2. The highest BCUT2D eigenvalue weighted by Gasteiger charge is 2.34. The van der Waals surface area contributed by atoms with Gasteiger partial charge in [0.15, 0.2) is 12.1 Å². The minimum absolute atomic E-state index is 0.0213. The van der Waals surface area contributed by atoms with Crippen LogP contribution in [0.3, 0.4) is 0 Å². The van der Waals surface area contributed by atoms with Gasteiger partial charge in [-0.2, -0.15) is 4.98 Å². The number of rotatable bonds is 9. The Balaban J connectivity index is 1.72. The van der Waals surface area contributed by atoms with Crippen molar-refractivity contribution in [2.75, 3.05) is 28.2 Å². The van der Waals surface area contributed by atoms with Gasteiger partial charge in [0.1, 0.15) is 17.2 Å². The van der Waals surface area contributed by atoms with Crippen LogP contribution in [0.25, 0.3) is 0 Å².